The Morgan fingerprint density at radius 3 is 2.71 bits per heavy atom. The fourth-order valence-corrected chi connectivity index (χ4v) is 4.29. The predicted octanol–water partition coefficient (Wildman–Crippen LogP) is 2.85. The molecular formula is C17H22BrN5S. The maximum absolute atomic E-state index is 4.44. The number of pyridine rings is 1. The van der Waals surface area contributed by atoms with E-state index in [1.165, 1.54) is 8.66 Å². The molecule has 0 aliphatic carbocycles. The van der Waals surface area contributed by atoms with Crippen molar-refractivity contribution in [1.82, 2.24) is 15.2 Å². The van der Waals surface area contributed by atoms with E-state index >= 15 is 0 Å². The maximum Gasteiger partial charge on any atom is 0.193 e. The third-order valence-electron chi connectivity index (χ3n) is 4.05. The van der Waals surface area contributed by atoms with Crippen molar-refractivity contribution in [2.24, 2.45) is 4.99 Å². The molecule has 0 spiro atoms. The number of nitrogens with one attached hydrogen (secondary N) is 1. The Bertz CT molecular complexity index is 665. The lowest BCUT2D eigenvalue weighted by Gasteiger charge is -2.37. The Morgan fingerprint density at radius 2 is 2.08 bits per heavy atom. The molecule has 3 rings (SSSR count). The number of guanidine groups is 1. The monoisotopic (exact) mass is 407 g/mol. The van der Waals surface area contributed by atoms with Gasteiger partial charge in [0, 0.05) is 50.8 Å². The molecule has 5 nitrogen and oxygen atoms in total. The first-order valence-corrected chi connectivity index (χ1v) is 9.73. The molecule has 0 amide bonds. The fraction of sp³-hybridized carbons (Fsp3) is 0.412. The minimum Gasteiger partial charge on any atom is -0.356 e. The van der Waals surface area contributed by atoms with Crippen LogP contribution in [0.25, 0.3) is 0 Å². The summed E-state index contributed by atoms with van der Waals surface area (Å²) in [6.07, 6.45) is 2.87. The third kappa shape index (κ3) is 4.48. The summed E-state index contributed by atoms with van der Waals surface area (Å²) >= 11 is 5.30. The third-order valence-corrected chi connectivity index (χ3v) is 5.73. The highest BCUT2D eigenvalue weighted by Crippen LogP contribution is 2.22. The lowest BCUT2D eigenvalue weighted by atomic mass is 10.3. The zero-order chi connectivity index (χ0) is 16.8. The molecule has 0 saturated carbocycles. The van der Waals surface area contributed by atoms with E-state index in [1.807, 2.05) is 25.4 Å². The number of aromatic nitrogens is 1. The number of thiophene rings is 1. The van der Waals surface area contributed by atoms with E-state index in [0.717, 1.165) is 50.9 Å². The molecule has 1 saturated heterocycles. The maximum atomic E-state index is 4.44. The number of halogens is 1. The van der Waals surface area contributed by atoms with Crippen LogP contribution >= 0.6 is 27.3 Å². The van der Waals surface area contributed by atoms with Crippen molar-refractivity contribution in [3.8, 4) is 0 Å². The van der Waals surface area contributed by atoms with Crippen LogP contribution in [0.2, 0.25) is 0 Å². The minimum absolute atomic E-state index is 0.903. The molecule has 0 atom stereocenters. The molecule has 1 fully saturated rings. The van der Waals surface area contributed by atoms with Gasteiger partial charge in [-0.2, -0.15) is 0 Å². The SMILES string of the molecule is CN=C(NCCc1ccc(Br)s1)N1CCN(c2ccccn2)CC1. The van der Waals surface area contributed by atoms with Gasteiger partial charge in [-0.05, 0) is 46.6 Å². The highest BCUT2D eigenvalue weighted by Gasteiger charge is 2.20. The summed E-state index contributed by atoms with van der Waals surface area (Å²) < 4.78 is 1.19. The van der Waals surface area contributed by atoms with Gasteiger partial charge in [0.2, 0.25) is 0 Å². The van der Waals surface area contributed by atoms with Crippen LogP contribution in [-0.4, -0.2) is 55.6 Å². The smallest absolute Gasteiger partial charge is 0.193 e. The van der Waals surface area contributed by atoms with Crippen LogP contribution < -0.4 is 10.2 Å². The van der Waals surface area contributed by atoms with E-state index in [1.54, 1.807) is 11.3 Å². The van der Waals surface area contributed by atoms with E-state index in [2.05, 4.69) is 59.2 Å². The van der Waals surface area contributed by atoms with E-state index < -0.39 is 0 Å². The van der Waals surface area contributed by atoms with Crippen molar-refractivity contribution in [3.05, 3.63) is 45.2 Å². The van der Waals surface area contributed by atoms with Gasteiger partial charge in [-0.3, -0.25) is 4.99 Å². The Kier molecular flexibility index (Phi) is 6.09. The van der Waals surface area contributed by atoms with E-state index in [9.17, 15) is 0 Å². The molecule has 1 aliphatic heterocycles. The number of rotatable bonds is 4. The largest absolute Gasteiger partial charge is 0.356 e. The van der Waals surface area contributed by atoms with Gasteiger partial charge in [0.25, 0.3) is 0 Å². The number of piperazine rings is 1. The molecule has 0 bridgehead atoms. The molecule has 0 radical (unpaired) electrons. The van der Waals surface area contributed by atoms with Crippen LogP contribution in [-0.2, 0) is 6.42 Å². The summed E-state index contributed by atoms with van der Waals surface area (Å²) in [4.78, 5) is 14.9. The molecule has 7 heteroatoms. The van der Waals surface area contributed by atoms with Gasteiger partial charge in [0.05, 0.1) is 3.79 Å². The zero-order valence-corrected chi connectivity index (χ0v) is 16.2. The van der Waals surface area contributed by atoms with Crippen LogP contribution in [0.4, 0.5) is 5.82 Å². The van der Waals surface area contributed by atoms with Gasteiger partial charge in [-0.15, -0.1) is 11.3 Å². The first-order valence-electron chi connectivity index (χ1n) is 8.12. The van der Waals surface area contributed by atoms with E-state index in [0.29, 0.717) is 0 Å². The summed E-state index contributed by atoms with van der Waals surface area (Å²) in [6.45, 7) is 4.76. The van der Waals surface area contributed by atoms with Crippen molar-refractivity contribution in [3.63, 3.8) is 0 Å². The van der Waals surface area contributed by atoms with Gasteiger partial charge in [0.1, 0.15) is 5.82 Å². The van der Waals surface area contributed by atoms with Gasteiger partial charge in [0.15, 0.2) is 5.96 Å². The second-order valence-corrected chi connectivity index (χ2v) is 8.14. The van der Waals surface area contributed by atoms with Crippen LogP contribution in [0.5, 0.6) is 0 Å². The number of anilines is 1. The first kappa shape index (κ1) is 17.2. The summed E-state index contributed by atoms with van der Waals surface area (Å²) in [6, 6.07) is 10.3. The van der Waals surface area contributed by atoms with Crippen LogP contribution in [0.3, 0.4) is 0 Å². The number of nitrogens with zero attached hydrogens (tertiary/aromatic N) is 4. The standard InChI is InChI=1S/C17H22BrN5S/c1-19-17(21-9-7-14-5-6-15(18)24-14)23-12-10-22(11-13-23)16-4-2-3-8-20-16/h2-6,8H,7,9-13H2,1H3,(H,19,21). The predicted molar refractivity (Wildman–Crippen MR) is 105 cm³/mol. The van der Waals surface area contributed by atoms with E-state index in [-0.39, 0.29) is 0 Å². The van der Waals surface area contributed by atoms with Crippen LogP contribution in [0.15, 0.2) is 45.3 Å². The normalized spacial score (nSPS) is 15.7. The number of aliphatic imine (C=N–C) groups is 1. The topological polar surface area (TPSA) is 43.8 Å². The molecule has 0 unspecified atom stereocenters. The second kappa shape index (κ2) is 8.48. The van der Waals surface area contributed by atoms with E-state index in [4.69, 9.17) is 0 Å². The molecule has 24 heavy (non-hydrogen) atoms. The van der Waals surface area contributed by atoms with Gasteiger partial charge in [-0.25, -0.2) is 4.98 Å². The molecule has 2 aromatic heterocycles. The Hall–Kier alpha value is -1.60. The van der Waals surface area contributed by atoms with Crippen molar-refractivity contribution >= 4 is 39.0 Å². The summed E-state index contributed by atoms with van der Waals surface area (Å²) in [5.74, 6) is 2.05. The average molecular weight is 408 g/mol. The fourth-order valence-electron chi connectivity index (χ4n) is 2.80. The average Bonchev–Trinajstić information content (AvgIpc) is 3.05. The zero-order valence-electron chi connectivity index (χ0n) is 13.8. The lowest BCUT2D eigenvalue weighted by molar-refractivity contribution is 0.372. The van der Waals surface area contributed by atoms with Gasteiger partial charge in [-0.1, -0.05) is 6.07 Å². The second-order valence-electron chi connectivity index (χ2n) is 5.59. The van der Waals surface area contributed by atoms with Gasteiger partial charge >= 0.3 is 0 Å². The summed E-state index contributed by atoms with van der Waals surface area (Å²) in [5.41, 5.74) is 0. The van der Waals surface area contributed by atoms with Gasteiger partial charge < -0.3 is 15.1 Å². The molecular weight excluding hydrogens is 386 g/mol. The minimum atomic E-state index is 0.903. The first-order chi connectivity index (χ1) is 11.8. The Balaban J connectivity index is 1.47. The molecule has 1 aliphatic rings. The Labute approximate surface area is 155 Å². The lowest BCUT2D eigenvalue weighted by Crippen LogP contribution is -2.53. The number of hydrogen-bond acceptors (Lipinski definition) is 4. The molecule has 0 aromatic carbocycles. The molecule has 1 N–H and O–H groups in total. The number of hydrogen-bond donors (Lipinski definition) is 1. The van der Waals surface area contributed by atoms with Crippen molar-refractivity contribution < 1.29 is 0 Å². The highest BCUT2D eigenvalue weighted by atomic mass is 79.9. The molecule has 3 heterocycles. The highest BCUT2D eigenvalue weighted by molar-refractivity contribution is 9.11. The molecule has 2 aromatic rings. The van der Waals surface area contributed by atoms with Crippen molar-refractivity contribution in [2.45, 2.75) is 6.42 Å². The molecule has 128 valence electrons. The quantitative estimate of drug-likeness (QED) is 0.624. The van der Waals surface area contributed by atoms with Crippen molar-refractivity contribution in [1.29, 1.82) is 0 Å². The van der Waals surface area contributed by atoms with Crippen LogP contribution in [0.1, 0.15) is 4.88 Å². The summed E-state index contributed by atoms with van der Waals surface area (Å²) in [7, 11) is 1.86. The summed E-state index contributed by atoms with van der Waals surface area (Å²) in [5, 5.41) is 3.48. The Morgan fingerprint density at radius 1 is 1.25 bits per heavy atom. The van der Waals surface area contributed by atoms with Crippen LogP contribution in [0, 0.1) is 0 Å². The van der Waals surface area contributed by atoms with Crippen molar-refractivity contribution in [2.75, 3.05) is 44.7 Å².